The number of fused-ring (bicyclic) bond motifs is 7. The highest BCUT2D eigenvalue weighted by molar-refractivity contribution is 5.16. The Morgan fingerprint density at radius 1 is 0.621 bits per heavy atom. The third-order valence-corrected chi connectivity index (χ3v) is 13.0. The smallest absolute Gasteiger partial charge is 0.0235 e. The maximum Gasteiger partial charge on any atom is -0.0235 e. The molecule has 0 amide bonds. The zero-order valence-corrected chi connectivity index (χ0v) is 20.8. The van der Waals surface area contributed by atoms with E-state index in [9.17, 15) is 0 Å². The third-order valence-electron chi connectivity index (χ3n) is 13.0. The highest BCUT2D eigenvalue weighted by Crippen LogP contribution is 2.75. The summed E-state index contributed by atoms with van der Waals surface area (Å²) >= 11 is 0. The molecule has 0 nitrogen and oxygen atoms in total. The first kappa shape index (κ1) is 20.9. The lowest BCUT2D eigenvalue weighted by atomic mass is 9.33. The molecular weight excluding hydrogens is 348 g/mol. The molecule has 5 rings (SSSR count). The first-order valence-corrected chi connectivity index (χ1v) is 13.5. The molecule has 0 aromatic carbocycles. The minimum absolute atomic E-state index is 0.569. The molecule has 0 bridgehead atoms. The Balaban J connectivity index is 1.48. The van der Waals surface area contributed by atoms with Gasteiger partial charge in [-0.05, 0) is 127 Å². The molecule has 9 atom stereocenters. The number of hydrogen-bond donors (Lipinski definition) is 0. The van der Waals surface area contributed by atoms with Crippen LogP contribution in [0.3, 0.4) is 0 Å². The van der Waals surface area contributed by atoms with E-state index in [4.69, 9.17) is 0 Å². The summed E-state index contributed by atoms with van der Waals surface area (Å²) in [5, 5.41) is 0. The Kier molecular flexibility index (Phi) is 4.69. The molecule has 5 aliphatic carbocycles. The van der Waals surface area contributed by atoms with Gasteiger partial charge in [0.1, 0.15) is 0 Å². The Bertz CT molecular complexity index is 644. The molecule has 5 saturated carbocycles. The fraction of sp³-hybridized carbons (Fsp3) is 1.00. The van der Waals surface area contributed by atoms with Crippen molar-refractivity contribution in [1.29, 1.82) is 0 Å². The largest absolute Gasteiger partial charge is 0.0625 e. The molecule has 5 aliphatic rings. The van der Waals surface area contributed by atoms with E-state index in [0.717, 1.165) is 41.4 Å². The maximum atomic E-state index is 2.81. The first-order chi connectivity index (χ1) is 13.5. The minimum Gasteiger partial charge on any atom is -0.0625 e. The van der Waals surface area contributed by atoms with Gasteiger partial charge in [-0.1, -0.05) is 54.9 Å². The van der Waals surface area contributed by atoms with E-state index < -0.39 is 0 Å². The molecule has 29 heavy (non-hydrogen) atoms. The van der Waals surface area contributed by atoms with Crippen molar-refractivity contribution < 1.29 is 0 Å². The predicted octanol–water partition coefficient (Wildman–Crippen LogP) is 8.74. The predicted molar refractivity (Wildman–Crippen MR) is 125 cm³/mol. The maximum absolute atomic E-state index is 2.81. The van der Waals surface area contributed by atoms with Crippen molar-refractivity contribution in [1.82, 2.24) is 0 Å². The Morgan fingerprint density at radius 3 is 2.07 bits per heavy atom. The fourth-order valence-electron chi connectivity index (χ4n) is 11.6. The highest BCUT2D eigenvalue weighted by Gasteiger charge is 2.67. The van der Waals surface area contributed by atoms with Gasteiger partial charge in [-0.15, -0.1) is 0 Å². The molecule has 0 N–H and O–H groups in total. The van der Waals surface area contributed by atoms with Crippen LogP contribution in [0.15, 0.2) is 0 Å². The van der Waals surface area contributed by atoms with E-state index in [1.54, 1.807) is 32.1 Å². The van der Waals surface area contributed by atoms with Crippen LogP contribution < -0.4 is 0 Å². The lowest BCUT2D eigenvalue weighted by Gasteiger charge is -2.71. The second kappa shape index (κ2) is 6.51. The summed E-state index contributed by atoms with van der Waals surface area (Å²) < 4.78 is 0. The van der Waals surface area contributed by atoms with E-state index >= 15 is 0 Å². The van der Waals surface area contributed by atoms with E-state index in [2.05, 4.69) is 48.5 Å². The number of rotatable bonds is 1. The van der Waals surface area contributed by atoms with Crippen LogP contribution in [-0.2, 0) is 0 Å². The lowest BCUT2D eigenvalue weighted by molar-refractivity contribution is -0.227. The molecule has 5 fully saturated rings. The van der Waals surface area contributed by atoms with Crippen LogP contribution in [0, 0.1) is 63.1 Å². The van der Waals surface area contributed by atoms with Gasteiger partial charge in [0.05, 0.1) is 0 Å². The summed E-state index contributed by atoms with van der Waals surface area (Å²) in [7, 11) is 0. The van der Waals surface area contributed by atoms with Gasteiger partial charge in [0.25, 0.3) is 0 Å². The molecular formula is C29H50. The third kappa shape index (κ3) is 2.62. The van der Waals surface area contributed by atoms with E-state index in [1.807, 2.05) is 0 Å². The topological polar surface area (TPSA) is 0 Å². The Hall–Kier alpha value is 0. The number of hydrogen-bond acceptors (Lipinski definition) is 0. The van der Waals surface area contributed by atoms with Gasteiger partial charge in [0.2, 0.25) is 0 Å². The van der Waals surface area contributed by atoms with Crippen LogP contribution in [0.4, 0.5) is 0 Å². The zero-order valence-electron chi connectivity index (χ0n) is 20.8. The summed E-state index contributed by atoms with van der Waals surface area (Å²) in [5.74, 6) is 7.04. The molecule has 0 aliphatic heterocycles. The lowest BCUT2D eigenvalue weighted by Crippen LogP contribution is -2.64. The van der Waals surface area contributed by atoms with Gasteiger partial charge in [0.15, 0.2) is 0 Å². The summed E-state index contributed by atoms with van der Waals surface area (Å²) in [4.78, 5) is 0. The van der Waals surface area contributed by atoms with Gasteiger partial charge in [-0.3, -0.25) is 0 Å². The molecule has 0 heterocycles. The van der Waals surface area contributed by atoms with Crippen LogP contribution >= 0.6 is 0 Å². The average molecular weight is 399 g/mol. The van der Waals surface area contributed by atoms with E-state index in [0.29, 0.717) is 21.7 Å². The van der Waals surface area contributed by atoms with Crippen molar-refractivity contribution in [2.45, 2.75) is 119 Å². The molecule has 0 aromatic rings. The Labute approximate surface area is 182 Å². The molecule has 0 aromatic heterocycles. The summed E-state index contributed by atoms with van der Waals surface area (Å²) in [5.41, 5.74) is 2.38. The van der Waals surface area contributed by atoms with E-state index in [-0.39, 0.29) is 0 Å². The molecule has 166 valence electrons. The van der Waals surface area contributed by atoms with E-state index in [1.165, 1.54) is 38.5 Å². The standard InChI is InChI=1S/C29H50/c1-19(2)20-9-10-22-21(20)13-17-28(6)23(22)11-12-25-27(5)16-8-15-26(3,4)24(27)14-18-29(25,28)7/h19-25H,8-18H2,1-7H3/t20-,21+,22-,23+,24-,25+,27-,28+,29+/m0/s1. The van der Waals surface area contributed by atoms with Gasteiger partial charge in [0, 0.05) is 0 Å². The molecule has 0 spiro atoms. The monoisotopic (exact) mass is 398 g/mol. The van der Waals surface area contributed by atoms with Crippen molar-refractivity contribution in [2.24, 2.45) is 63.1 Å². The van der Waals surface area contributed by atoms with Gasteiger partial charge < -0.3 is 0 Å². The molecule has 0 heteroatoms. The Morgan fingerprint density at radius 2 is 1.34 bits per heavy atom. The van der Waals surface area contributed by atoms with Crippen LogP contribution in [0.5, 0.6) is 0 Å². The van der Waals surface area contributed by atoms with Gasteiger partial charge in [-0.25, -0.2) is 0 Å². The highest BCUT2D eigenvalue weighted by atomic mass is 14.7. The van der Waals surface area contributed by atoms with Gasteiger partial charge in [-0.2, -0.15) is 0 Å². The van der Waals surface area contributed by atoms with Crippen molar-refractivity contribution in [3.8, 4) is 0 Å². The zero-order chi connectivity index (χ0) is 20.8. The van der Waals surface area contributed by atoms with Crippen LogP contribution in [0.1, 0.15) is 119 Å². The molecule has 0 unspecified atom stereocenters. The normalized spacial score (nSPS) is 56.3. The summed E-state index contributed by atoms with van der Waals surface area (Å²) in [6, 6.07) is 0. The van der Waals surface area contributed by atoms with Crippen molar-refractivity contribution in [3.05, 3.63) is 0 Å². The SMILES string of the molecule is CC(C)[C@@H]1CC[C@H]2[C@@H]1CC[C@]1(C)[C@@H]2CC[C@@H]2[C@@]3(C)CCCC(C)(C)[C@@H]3CC[C@]21C. The van der Waals surface area contributed by atoms with Crippen LogP contribution in [-0.4, -0.2) is 0 Å². The van der Waals surface area contributed by atoms with Crippen molar-refractivity contribution >= 4 is 0 Å². The minimum atomic E-state index is 0.569. The van der Waals surface area contributed by atoms with Crippen LogP contribution in [0.2, 0.25) is 0 Å². The van der Waals surface area contributed by atoms with Crippen LogP contribution in [0.25, 0.3) is 0 Å². The quantitative estimate of drug-likeness (QED) is 0.414. The summed E-state index contributed by atoms with van der Waals surface area (Å²) in [6.07, 6.45) is 16.8. The second-order valence-corrected chi connectivity index (χ2v) is 14.4. The van der Waals surface area contributed by atoms with Crippen molar-refractivity contribution in [3.63, 3.8) is 0 Å². The van der Waals surface area contributed by atoms with Gasteiger partial charge >= 0.3 is 0 Å². The second-order valence-electron chi connectivity index (χ2n) is 14.4. The van der Waals surface area contributed by atoms with Crippen molar-refractivity contribution in [2.75, 3.05) is 0 Å². The fourth-order valence-corrected chi connectivity index (χ4v) is 11.6. The average Bonchev–Trinajstić information content (AvgIpc) is 3.05. The first-order valence-electron chi connectivity index (χ1n) is 13.5. The summed E-state index contributed by atoms with van der Waals surface area (Å²) in [6.45, 7) is 18.6. The molecule has 0 saturated heterocycles. The molecule has 0 radical (unpaired) electrons.